The second-order valence-electron chi connectivity index (χ2n) is 7.86. The summed E-state index contributed by atoms with van der Waals surface area (Å²) >= 11 is 0. The molecular weight excluding hydrogens is 372 g/mol. The highest BCUT2D eigenvalue weighted by atomic mass is 32.2. The molecule has 0 saturated carbocycles. The standard InChI is InChI=1S/C23H26O4S/c1-17-6-8-19(9-7-17)10-11-20-12-14-21(15-13-20)28(25,26)16-18(2)22(24)27-23(3,4)5/h6-9,12-15,18H,16H2,1-5H3. The van der Waals surface area contributed by atoms with Crippen molar-refractivity contribution in [3.8, 4) is 11.8 Å². The third-order valence-electron chi connectivity index (χ3n) is 3.89. The highest BCUT2D eigenvalue weighted by Crippen LogP contribution is 2.18. The summed E-state index contributed by atoms with van der Waals surface area (Å²) in [4.78, 5) is 12.2. The number of carbonyl (C=O) groups excluding carboxylic acids is 1. The van der Waals surface area contributed by atoms with Crippen molar-refractivity contribution in [1.29, 1.82) is 0 Å². The first-order chi connectivity index (χ1) is 13.0. The van der Waals surface area contributed by atoms with E-state index in [1.807, 2.05) is 31.2 Å². The van der Waals surface area contributed by atoms with Crippen molar-refractivity contribution in [1.82, 2.24) is 0 Å². The molecule has 0 amide bonds. The number of rotatable bonds is 4. The average molecular weight is 399 g/mol. The minimum absolute atomic E-state index is 0.170. The lowest BCUT2D eigenvalue weighted by molar-refractivity contribution is -0.158. The first-order valence-corrected chi connectivity index (χ1v) is 10.8. The Morgan fingerprint density at radius 1 is 0.964 bits per heavy atom. The Bertz CT molecular complexity index is 984. The molecule has 2 rings (SSSR count). The minimum atomic E-state index is -3.60. The highest BCUT2D eigenvalue weighted by Gasteiger charge is 2.27. The zero-order chi connectivity index (χ0) is 20.9. The van der Waals surface area contributed by atoms with E-state index in [4.69, 9.17) is 4.74 Å². The molecule has 0 radical (unpaired) electrons. The fourth-order valence-corrected chi connectivity index (χ4v) is 3.96. The molecule has 0 aliphatic heterocycles. The summed E-state index contributed by atoms with van der Waals surface area (Å²) in [5, 5.41) is 0. The SMILES string of the molecule is Cc1ccc(C#Cc2ccc(S(=O)(=O)CC(C)C(=O)OC(C)(C)C)cc2)cc1. The zero-order valence-electron chi connectivity index (χ0n) is 16.9. The molecule has 0 bridgehead atoms. The lowest BCUT2D eigenvalue weighted by Gasteiger charge is -2.22. The molecule has 2 aromatic rings. The van der Waals surface area contributed by atoms with Crippen LogP contribution in [0.4, 0.5) is 0 Å². The summed E-state index contributed by atoms with van der Waals surface area (Å²) in [6.45, 7) is 8.83. The average Bonchev–Trinajstić information content (AvgIpc) is 2.60. The Morgan fingerprint density at radius 2 is 1.43 bits per heavy atom. The van der Waals surface area contributed by atoms with Crippen molar-refractivity contribution in [2.45, 2.75) is 45.1 Å². The van der Waals surface area contributed by atoms with Crippen molar-refractivity contribution in [3.63, 3.8) is 0 Å². The minimum Gasteiger partial charge on any atom is -0.460 e. The molecule has 2 aromatic carbocycles. The topological polar surface area (TPSA) is 60.4 Å². The van der Waals surface area contributed by atoms with Crippen LogP contribution >= 0.6 is 0 Å². The van der Waals surface area contributed by atoms with Gasteiger partial charge in [-0.25, -0.2) is 8.42 Å². The van der Waals surface area contributed by atoms with Crippen LogP contribution in [-0.2, 0) is 19.4 Å². The number of sulfone groups is 1. The van der Waals surface area contributed by atoms with E-state index in [1.165, 1.54) is 17.7 Å². The molecule has 0 aliphatic rings. The molecule has 148 valence electrons. The molecule has 28 heavy (non-hydrogen) atoms. The Balaban J connectivity index is 2.09. The van der Waals surface area contributed by atoms with Crippen LogP contribution in [0, 0.1) is 24.7 Å². The largest absolute Gasteiger partial charge is 0.460 e. The second-order valence-corrected chi connectivity index (χ2v) is 9.89. The number of carbonyl (C=O) groups is 1. The van der Waals surface area contributed by atoms with E-state index in [2.05, 4.69) is 11.8 Å². The Hall–Kier alpha value is -2.58. The van der Waals surface area contributed by atoms with E-state index >= 15 is 0 Å². The van der Waals surface area contributed by atoms with Gasteiger partial charge in [0.25, 0.3) is 0 Å². The van der Waals surface area contributed by atoms with Crippen molar-refractivity contribution < 1.29 is 17.9 Å². The van der Waals surface area contributed by atoms with Crippen molar-refractivity contribution >= 4 is 15.8 Å². The predicted octanol–water partition coefficient (Wildman–Crippen LogP) is 4.15. The smallest absolute Gasteiger partial charge is 0.310 e. The summed E-state index contributed by atoms with van der Waals surface area (Å²) in [6.07, 6.45) is 0. The van der Waals surface area contributed by atoms with Crippen LogP contribution in [0.25, 0.3) is 0 Å². The third kappa shape index (κ3) is 6.54. The van der Waals surface area contributed by atoms with Gasteiger partial charge in [-0.2, -0.15) is 0 Å². The van der Waals surface area contributed by atoms with Crippen molar-refractivity contribution in [2.24, 2.45) is 5.92 Å². The van der Waals surface area contributed by atoms with E-state index in [0.717, 1.165) is 11.1 Å². The molecule has 1 unspecified atom stereocenters. The van der Waals surface area contributed by atoms with Gasteiger partial charge >= 0.3 is 5.97 Å². The summed E-state index contributed by atoms with van der Waals surface area (Å²) < 4.78 is 30.4. The molecule has 0 aromatic heterocycles. The predicted molar refractivity (Wildman–Crippen MR) is 111 cm³/mol. The monoisotopic (exact) mass is 398 g/mol. The summed E-state index contributed by atoms with van der Waals surface area (Å²) in [6, 6.07) is 14.3. The van der Waals surface area contributed by atoms with Gasteiger partial charge in [-0.15, -0.1) is 0 Å². The molecule has 4 nitrogen and oxygen atoms in total. The quantitative estimate of drug-likeness (QED) is 0.573. The summed E-state index contributed by atoms with van der Waals surface area (Å²) in [5.41, 5.74) is 2.14. The van der Waals surface area contributed by atoms with Gasteiger partial charge in [-0.1, -0.05) is 36.5 Å². The maximum absolute atomic E-state index is 12.6. The maximum Gasteiger partial charge on any atom is 0.310 e. The van der Waals surface area contributed by atoms with Gasteiger partial charge < -0.3 is 4.74 Å². The maximum atomic E-state index is 12.6. The first kappa shape index (κ1) is 21.7. The number of esters is 1. The molecule has 0 heterocycles. The zero-order valence-corrected chi connectivity index (χ0v) is 17.8. The number of hydrogen-bond acceptors (Lipinski definition) is 4. The fourth-order valence-electron chi connectivity index (χ4n) is 2.42. The van der Waals surface area contributed by atoms with E-state index in [-0.39, 0.29) is 10.6 Å². The lowest BCUT2D eigenvalue weighted by Crippen LogP contribution is -2.30. The molecule has 0 saturated heterocycles. The second kappa shape index (κ2) is 8.62. The normalized spacial score (nSPS) is 12.6. The highest BCUT2D eigenvalue weighted by molar-refractivity contribution is 7.91. The van der Waals surface area contributed by atoms with E-state index in [9.17, 15) is 13.2 Å². The van der Waals surface area contributed by atoms with Crippen LogP contribution in [0.1, 0.15) is 44.4 Å². The molecule has 1 atom stereocenters. The van der Waals surface area contributed by atoms with Crippen LogP contribution in [0.5, 0.6) is 0 Å². The molecule has 5 heteroatoms. The summed E-state index contributed by atoms with van der Waals surface area (Å²) in [7, 11) is -3.60. The number of aryl methyl sites for hydroxylation is 1. The van der Waals surface area contributed by atoms with E-state index < -0.39 is 27.3 Å². The van der Waals surface area contributed by atoms with Crippen LogP contribution in [0.15, 0.2) is 53.4 Å². The van der Waals surface area contributed by atoms with Crippen molar-refractivity contribution in [2.75, 3.05) is 5.75 Å². The van der Waals surface area contributed by atoms with Crippen molar-refractivity contribution in [3.05, 3.63) is 65.2 Å². The Kier molecular flexibility index (Phi) is 6.69. The van der Waals surface area contributed by atoms with Gasteiger partial charge in [-0.05, 0) is 64.1 Å². The summed E-state index contributed by atoms with van der Waals surface area (Å²) in [5.74, 6) is 4.52. The number of hydrogen-bond donors (Lipinski definition) is 0. The van der Waals surface area contributed by atoms with Gasteiger partial charge in [-0.3, -0.25) is 4.79 Å². The third-order valence-corrected chi connectivity index (χ3v) is 5.82. The van der Waals surface area contributed by atoms with Gasteiger partial charge in [0.15, 0.2) is 9.84 Å². The molecule has 0 spiro atoms. The van der Waals surface area contributed by atoms with E-state index in [1.54, 1.807) is 39.8 Å². The van der Waals surface area contributed by atoms with Crippen LogP contribution in [0.2, 0.25) is 0 Å². The van der Waals surface area contributed by atoms with Gasteiger partial charge in [0.05, 0.1) is 16.6 Å². The molecule has 0 aliphatic carbocycles. The van der Waals surface area contributed by atoms with Gasteiger partial charge in [0.2, 0.25) is 0 Å². The fraction of sp³-hybridized carbons (Fsp3) is 0.348. The van der Waals surface area contributed by atoms with Crippen LogP contribution in [-0.4, -0.2) is 25.7 Å². The molecule has 0 fully saturated rings. The molecular formula is C23H26O4S. The van der Waals surface area contributed by atoms with Gasteiger partial charge in [0.1, 0.15) is 5.60 Å². The first-order valence-electron chi connectivity index (χ1n) is 9.11. The molecule has 0 N–H and O–H groups in total. The van der Waals surface area contributed by atoms with Gasteiger partial charge in [0, 0.05) is 11.1 Å². The van der Waals surface area contributed by atoms with Crippen LogP contribution in [0.3, 0.4) is 0 Å². The lowest BCUT2D eigenvalue weighted by atomic mass is 10.1. The number of benzene rings is 2. The van der Waals surface area contributed by atoms with Crippen LogP contribution < -0.4 is 0 Å². The van der Waals surface area contributed by atoms with E-state index in [0.29, 0.717) is 0 Å². The Labute approximate surface area is 167 Å². The Morgan fingerprint density at radius 3 is 1.89 bits per heavy atom. The number of ether oxygens (including phenoxy) is 1.